The standard InChI is InChI=1S/C32H36N4O2S/c1-22(2)25-15-17-27(18-16-25)33-32(38)36(23(3)4)20-30-34-29(21-39-30)31(37)35-28(26-13-9-6-10-14-26)19-24-11-7-5-8-12-24/h5-18,21-23,28H,19-20H2,1-4H3,(H,33,38)(H,35,37). The van der Waals surface area contributed by atoms with Gasteiger partial charge in [-0.05, 0) is 55.0 Å². The van der Waals surface area contributed by atoms with Crippen LogP contribution in [0.2, 0.25) is 0 Å². The quantitative estimate of drug-likeness (QED) is 0.220. The maximum atomic E-state index is 13.2. The van der Waals surface area contributed by atoms with E-state index in [0.717, 1.165) is 16.8 Å². The second-order valence-electron chi connectivity index (χ2n) is 10.2. The topological polar surface area (TPSA) is 74.3 Å². The Bertz CT molecular complexity index is 1350. The van der Waals surface area contributed by atoms with Crippen LogP contribution in [0.1, 0.15) is 71.8 Å². The van der Waals surface area contributed by atoms with E-state index in [1.807, 2.05) is 86.6 Å². The molecule has 0 saturated carbocycles. The van der Waals surface area contributed by atoms with Gasteiger partial charge < -0.3 is 15.5 Å². The van der Waals surface area contributed by atoms with E-state index in [4.69, 9.17) is 0 Å². The molecule has 1 aromatic heterocycles. The molecule has 0 fully saturated rings. The lowest BCUT2D eigenvalue weighted by Crippen LogP contribution is -2.39. The van der Waals surface area contributed by atoms with Gasteiger partial charge in [-0.1, -0.05) is 86.6 Å². The van der Waals surface area contributed by atoms with Crippen molar-refractivity contribution in [3.05, 3.63) is 118 Å². The molecule has 4 aromatic rings. The molecule has 4 rings (SSSR count). The molecule has 3 amide bonds. The van der Waals surface area contributed by atoms with Crippen LogP contribution in [0.4, 0.5) is 10.5 Å². The van der Waals surface area contributed by atoms with Crippen molar-refractivity contribution in [3.63, 3.8) is 0 Å². The molecule has 0 bridgehead atoms. The van der Waals surface area contributed by atoms with E-state index >= 15 is 0 Å². The summed E-state index contributed by atoms with van der Waals surface area (Å²) in [5.41, 5.74) is 4.51. The van der Waals surface area contributed by atoms with Crippen LogP contribution in [0.3, 0.4) is 0 Å². The Morgan fingerprint density at radius 1 is 0.846 bits per heavy atom. The molecule has 7 heteroatoms. The molecule has 39 heavy (non-hydrogen) atoms. The summed E-state index contributed by atoms with van der Waals surface area (Å²) < 4.78 is 0. The molecule has 6 nitrogen and oxygen atoms in total. The molecular formula is C32H36N4O2S. The highest BCUT2D eigenvalue weighted by molar-refractivity contribution is 7.09. The average molecular weight is 541 g/mol. The molecule has 202 valence electrons. The first-order valence-electron chi connectivity index (χ1n) is 13.3. The van der Waals surface area contributed by atoms with Gasteiger partial charge in [-0.15, -0.1) is 11.3 Å². The lowest BCUT2D eigenvalue weighted by Gasteiger charge is -2.26. The van der Waals surface area contributed by atoms with Crippen molar-refractivity contribution in [2.24, 2.45) is 0 Å². The Balaban J connectivity index is 1.43. The highest BCUT2D eigenvalue weighted by atomic mass is 32.1. The van der Waals surface area contributed by atoms with Gasteiger partial charge in [0.2, 0.25) is 0 Å². The molecule has 0 aliphatic rings. The number of thiazole rings is 1. The highest BCUT2D eigenvalue weighted by Gasteiger charge is 2.22. The van der Waals surface area contributed by atoms with E-state index in [1.54, 1.807) is 10.3 Å². The van der Waals surface area contributed by atoms with Crippen LogP contribution in [-0.4, -0.2) is 27.9 Å². The highest BCUT2D eigenvalue weighted by Crippen LogP contribution is 2.22. The van der Waals surface area contributed by atoms with E-state index in [9.17, 15) is 9.59 Å². The number of nitrogens with zero attached hydrogens (tertiary/aromatic N) is 2. The minimum absolute atomic E-state index is 0.0468. The van der Waals surface area contributed by atoms with Crippen LogP contribution in [0.25, 0.3) is 0 Å². The second kappa shape index (κ2) is 13.2. The Labute approximate surface area is 235 Å². The van der Waals surface area contributed by atoms with Gasteiger partial charge >= 0.3 is 6.03 Å². The molecule has 0 aliphatic carbocycles. The zero-order valence-corrected chi connectivity index (χ0v) is 23.7. The fourth-order valence-electron chi connectivity index (χ4n) is 4.29. The van der Waals surface area contributed by atoms with Gasteiger partial charge in [0, 0.05) is 17.1 Å². The maximum Gasteiger partial charge on any atom is 0.322 e. The Morgan fingerprint density at radius 2 is 1.49 bits per heavy atom. The summed E-state index contributed by atoms with van der Waals surface area (Å²) in [4.78, 5) is 32.7. The molecule has 2 N–H and O–H groups in total. The van der Waals surface area contributed by atoms with E-state index in [-0.39, 0.29) is 24.0 Å². The lowest BCUT2D eigenvalue weighted by molar-refractivity contribution is 0.0932. The number of carbonyl (C=O) groups excluding carboxylic acids is 2. The van der Waals surface area contributed by atoms with Gasteiger partial charge in [-0.3, -0.25) is 4.79 Å². The monoisotopic (exact) mass is 540 g/mol. The molecule has 1 unspecified atom stereocenters. The van der Waals surface area contributed by atoms with Crippen molar-refractivity contribution < 1.29 is 9.59 Å². The zero-order chi connectivity index (χ0) is 27.8. The van der Waals surface area contributed by atoms with Gasteiger partial charge in [0.05, 0.1) is 12.6 Å². The number of aromatic nitrogens is 1. The predicted octanol–water partition coefficient (Wildman–Crippen LogP) is 7.42. The molecule has 0 aliphatic heterocycles. The normalized spacial score (nSPS) is 11.8. The third kappa shape index (κ3) is 7.77. The van der Waals surface area contributed by atoms with Gasteiger partial charge in [0.25, 0.3) is 5.91 Å². The van der Waals surface area contributed by atoms with E-state index in [0.29, 0.717) is 29.6 Å². The van der Waals surface area contributed by atoms with Crippen LogP contribution >= 0.6 is 11.3 Å². The van der Waals surface area contributed by atoms with Crippen LogP contribution in [-0.2, 0) is 13.0 Å². The fraction of sp³-hybridized carbons (Fsp3) is 0.281. The Morgan fingerprint density at radius 3 is 2.10 bits per heavy atom. The SMILES string of the molecule is CC(C)c1ccc(NC(=O)N(Cc2nc(C(=O)NC(Cc3ccccc3)c3ccccc3)cs2)C(C)C)cc1. The van der Waals surface area contributed by atoms with Gasteiger partial charge in [-0.25, -0.2) is 9.78 Å². The number of anilines is 1. The van der Waals surface area contributed by atoms with Crippen LogP contribution in [0, 0.1) is 0 Å². The minimum Gasteiger partial charge on any atom is -0.344 e. The summed E-state index contributed by atoms with van der Waals surface area (Å²) in [6.07, 6.45) is 0.674. The Kier molecular flexibility index (Phi) is 9.49. The first-order valence-corrected chi connectivity index (χ1v) is 14.2. The van der Waals surface area contributed by atoms with E-state index in [1.165, 1.54) is 16.9 Å². The number of rotatable bonds is 10. The number of carbonyl (C=O) groups is 2. The van der Waals surface area contributed by atoms with Gasteiger partial charge in [-0.2, -0.15) is 0 Å². The summed E-state index contributed by atoms with van der Waals surface area (Å²) in [5.74, 6) is 0.201. The molecule has 0 spiro atoms. The van der Waals surface area contributed by atoms with E-state index in [2.05, 4.69) is 41.6 Å². The largest absolute Gasteiger partial charge is 0.344 e. The number of hydrogen-bond acceptors (Lipinski definition) is 4. The molecule has 0 saturated heterocycles. The average Bonchev–Trinajstić information content (AvgIpc) is 3.41. The van der Waals surface area contributed by atoms with Crippen molar-refractivity contribution in [2.75, 3.05) is 5.32 Å². The molecule has 0 radical (unpaired) electrons. The molecular weight excluding hydrogens is 504 g/mol. The van der Waals surface area contributed by atoms with Crippen LogP contribution in [0.15, 0.2) is 90.3 Å². The first-order chi connectivity index (χ1) is 18.8. The number of amides is 3. The second-order valence-corrected chi connectivity index (χ2v) is 11.1. The summed E-state index contributed by atoms with van der Waals surface area (Å²) in [7, 11) is 0. The van der Waals surface area contributed by atoms with Crippen molar-refractivity contribution in [2.45, 2.75) is 58.7 Å². The third-order valence-corrected chi connectivity index (χ3v) is 7.43. The fourth-order valence-corrected chi connectivity index (χ4v) is 5.06. The molecule has 1 atom stereocenters. The van der Waals surface area contributed by atoms with Crippen LogP contribution in [0.5, 0.6) is 0 Å². The van der Waals surface area contributed by atoms with Crippen molar-refractivity contribution >= 4 is 29.0 Å². The number of nitrogens with one attached hydrogen (secondary N) is 2. The van der Waals surface area contributed by atoms with Gasteiger partial charge in [0.1, 0.15) is 10.7 Å². The van der Waals surface area contributed by atoms with E-state index < -0.39 is 0 Å². The van der Waals surface area contributed by atoms with Gasteiger partial charge in [0.15, 0.2) is 0 Å². The zero-order valence-electron chi connectivity index (χ0n) is 22.9. The summed E-state index contributed by atoms with van der Waals surface area (Å²) >= 11 is 1.39. The maximum absolute atomic E-state index is 13.2. The van der Waals surface area contributed by atoms with Crippen molar-refractivity contribution in [1.29, 1.82) is 0 Å². The minimum atomic E-state index is -0.229. The molecule has 1 heterocycles. The summed E-state index contributed by atoms with van der Waals surface area (Å²) in [5, 5.41) is 8.63. The molecule has 3 aromatic carbocycles. The summed E-state index contributed by atoms with van der Waals surface area (Å²) in [6.45, 7) is 8.54. The predicted molar refractivity (Wildman–Crippen MR) is 159 cm³/mol. The summed E-state index contributed by atoms with van der Waals surface area (Å²) in [6, 6.07) is 27.6. The Hall–Kier alpha value is -3.97. The number of hydrogen-bond donors (Lipinski definition) is 2. The van der Waals surface area contributed by atoms with Crippen molar-refractivity contribution in [3.8, 4) is 0 Å². The van der Waals surface area contributed by atoms with Crippen molar-refractivity contribution in [1.82, 2.24) is 15.2 Å². The number of urea groups is 1. The lowest BCUT2D eigenvalue weighted by atomic mass is 9.99. The third-order valence-electron chi connectivity index (χ3n) is 6.59. The van der Waals surface area contributed by atoms with Crippen LogP contribution < -0.4 is 10.6 Å². The number of benzene rings is 3. The first kappa shape index (κ1) is 28.0. The smallest absolute Gasteiger partial charge is 0.322 e.